The summed E-state index contributed by atoms with van der Waals surface area (Å²) in [4.78, 5) is 30.1. The van der Waals surface area contributed by atoms with Gasteiger partial charge in [0.15, 0.2) is 0 Å². The molecule has 2 amide bonds. The van der Waals surface area contributed by atoms with Gasteiger partial charge in [0.25, 0.3) is 0 Å². The molecule has 0 saturated heterocycles. The van der Waals surface area contributed by atoms with Crippen LogP contribution < -0.4 is 10.6 Å². The van der Waals surface area contributed by atoms with E-state index in [1.807, 2.05) is 14.0 Å². The van der Waals surface area contributed by atoms with Crippen molar-refractivity contribution in [3.05, 3.63) is 36.9 Å². The first kappa shape index (κ1) is 17.1. The van der Waals surface area contributed by atoms with Crippen LogP contribution >= 0.6 is 0 Å². The maximum Gasteiger partial charge on any atom is 0.313 e. The Kier molecular flexibility index (Phi) is 5.08. The lowest BCUT2D eigenvalue weighted by Crippen LogP contribution is -2.44. The number of anilines is 1. The van der Waals surface area contributed by atoms with Crippen LogP contribution in [0.1, 0.15) is 19.8 Å². The number of carbonyl (C=O) groups is 2. The minimum atomic E-state index is -0.699. The van der Waals surface area contributed by atoms with E-state index in [1.165, 1.54) is 19.0 Å². The predicted molar refractivity (Wildman–Crippen MR) is 93.2 cm³/mol. The summed E-state index contributed by atoms with van der Waals surface area (Å²) in [5, 5.41) is 9.39. The fraction of sp³-hybridized carbons (Fsp3) is 0.412. The summed E-state index contributed by atoms with van der Waals surface area (Å²) in [5.74, 6) is -1.34. The van der Waals surface area contributed by atoms with Crippen LogP contribution in [0.4, 0.5) is 5.69 Å². The molecule has 0 spiro atoms. The predicted octanol–water partition coefficient (Wildman–Crippen LogP) is 0.805. The third kappa shape index (κ3) is 4.42. The molecule has 8 heteroatoms. The van der Waals surface area contributed by atoms with Gasteiger partial charge in [-0.2, -0.15) is 5.10 Å². The lowest BCUT2D eigenvalue weighted by Gasteiger charge is -2.24. The average molecular weight is 342 g/mol. The van der Waals surface area contributed by atoms with Crippen molar-refractivity contribution in [3.63, 3.8) is 0 Å². The van der Waals surface area contributed by atoms with Crippen molar-refractivity contribution in [3.8, 4) is 5.69 Å². The molecular formula is C17H22N6O2. The van der Waals surface area contributed by atoms with Crippen molar-refractivity contribution in [2.45, 2.75) is 31.8 Å². The SMILES string of the molecule is C[C@H](CNC(=O)C(=O)Nc1cnn(-c2ccncc2)c1)N(C)C1CC1. The van der Waals surface area contributed by atoms with E-state index in [0.717, 1.165) is 5.69 Å². The maximum atomic E-state index is 12.0. The number of nitrogens with one attached hydrogen (secondary N) is 2. The second-order valence-corrected chi connectivity index (χ2v) is 6.29. The Hall–Kier alpha value is -2.74. The zero-order valence-electron chi connectivity index (χ0n) is 14.3. The Balaban J connectivity index is 1.50. The van der Waals surface area contributed by atoms with Gasteiger partial charge in [-0.3, -0.25) is 19.5 Å². The summed E-state index contributed by atoms with van der Waals surface area (Å²) in [5.41, 5.74) is 1.27. The van der Waals surface area contributed by atoms with Crippen LogP contribution in [0.5, 0.6) is 0 Å². The van der Waals surface area contributed by atoms with E-state index in [2.05, 4.69) is 25.6 Å². The summed E-state index contributed by atoms with van der Waals surface area (Å²) < 4.78 is 1.60. The van der Waals surface area contributed by atoms with Gasteiger partial charge in [0.1, 0.15) is 0 Å². The number of rotatable bonds is 6. The Morgan fingerprint density at radius 2 is 2.04 bits per heavy atom. The molecule has 2 aromatic rings. The van der Waals surface area contributed by atoms with E-state index in [9.17, 15) is 9.59 Å². The number of hydrogen-bond acceptors (Lipinski definition) is 5. The van der Waals surface area contributed by atoms with E-state index in [-0.39, 0.29) is 6.04 Å². The lowest BCUT2D eigenvalue weighted by atomic mass is 10.3. The summed E-state index contributed by atoms with van der Waals surface area (Å²) in [6.45, 7) is 2.48. The topological polar surface area (TPSA) is 92.2 Å². The molecule has 1 atom stereocenters. The standard InChI is InChI=1S/C17H22N6O2/c1-12(22(2)14-3-4-14)9-19-16(24)17(25)21-13-10-20-23(11-13)15-5-7-18-8-6-15/h5-8,10-12,14H,3-4,9H2,1-2H3,(H,19,24)(H,21,25)/t12-/m1/s1. The third-order valence-electron chi connectivity index (χ3n) is 4.35. The monoisotopic (exact) mass is 342 g/mol. The van der Waals surface area contributed by atoms with Gasteiger partial charge in [-0.25, -0.2) is 4.68 Å². The summed E-state index contributed by atoms with van der Waals surface area (Å²) in [7, 11) is 2.04. The van der Waals surface area contributed by atoms with Gasteiger partial charge in [0.05, 0.1) is 23.8 Å². The molecule has 1 aliphatic carbocycles. The van der Waals surface area contributed by atoms with Crippen molar-refractivity contribution in [2.75, 3.05) is 18.9 Å². The Labute approximate surface area is 146 Å². The molecule has 0 aromatic carbocycles. The molecule has 2 aromatic heterocycles. The van der Waals surface area contributed by atoms with Crippen LogP contribution in [0.2, 0.25) is 0 Å². The van der Waals surface area contributed by atoms with E-state index < -0.39 is 11.8 Å². The van der Waals surface area contributed by atoms with Gasteiger partial charge < -0.3 is 10.6 Å². The molecule has 1 saturated carbocycles. The van der Waals surface area contributed by atoms with Gasteiger partial charge in [-0.05, 0) is 38.9 Å². The second-order valence-electron chi connectivity index (χ2n) is 6.29. The number of amides is 2. The molecule has 0 aliphatic heterocycles. The minimum absolute atomic E-state index is 0.193. The molecular weight excluding hydrogens is 320 g/mol. The number of hydrogen-bond donors (Lipinski definition) is 2. The molecule has 1 aliphatic rings. The Bertz CT molecular complexity index is 741. The van der Waals surface area contributed by atoms with Crippen molar-refractivity contribution in [1.82, 2.24) is 25.0 Å². The zero-order valence-corrected chi connectivity index (χ0v) is 14.3. The van der Waals surface area contributed by atoms with Crippen LogP contribution in [-0.4, -0.2) is 57.2 Å². The largest absolute Gasteiger partial charge is 0.346 e. The molecule has 2 heterocycles. The quantitative estimate of drug-likeness (QED) is 0.758. The first-order chi connectivity index (χ1) is 12.0. The number of carbonyl (C=O) groups excluding carboxylic acids is 2. The normalized spacial score (nSPS) is 15.0. The number of nitrogens with zero attached hydrogens (tertiary/aromatic N) is 4. The van der Waals surface area contributed by atoms with Crippen molar-refractivity contribution < 1.29 is 9.59 Å². The van der Waals surface area contributed by atoms with Crippen molar-refractivity contribution in [1.29, 1.82) is 0 Å². The highest BCUT2D eigenvalue weighted by molar-refractivity contribution is 6.39. The van der Waals surface area contributed by atoms with E-state index in [4.69, 9.17) is 0 Å². The van der Waals surface area contributed by atoms with Crippen LogP contribution in [0.15, 0.2) is 36.9 Å². The molecule has 2 N–H and O–H groups in total. The number of aromatic nitrogens is 3. The molecule has 1 fully saturated rings. The van der Waals surface area contributed by atoms with Gasteiger partial charge in [-0.1, -0.05) is 0 Å². The van der Waals surface area contributed by atoms with E-state index >= 15 is 0 Å². The first-order valence-electron chi connectivity index (χ1n) is 8.31. The van der Waals surface area contributed by atoms with Crippen molar-refractivity contribution >= 4 is 17.5 Å². The highest BCUT2D eigenvalue weighted by Gasteiger charge is 2.29. The Morgan fingerprint density at radius 3 is 2.72 bits per heavy atom. The molecule has 3 rings (SSSR count). The molecule has 25 heavy (non-hydrogen) atoms. The van der Waals surface area contributed by atoms with E-state index in [1.54, 1.807) is 35.4 Å². The molecule has 0 radical (unpaired) electrons. The second kappa shape index (κ2) is 7.43. The first-order valence-corrected chi connectivity index (χ1v) is 8.31. The molecule has 8 nitrogen and oxygen atoms in total. The number of pyridine rings is 1. The van der Waals surface area contributed by atoms with E-state index in [0.29, 0.717) is 18.3 Å². The smallest absolute Gasteiger partial charge is 0.313 e. The molecule has 132 valence electrons. The average Bonchev–Trinajstić information content (AvgIpc) is 3.38. The lowest BCUT2D eigenvalue weighted by molar-refractivity contribution is -0.136. The van der Waals surface area contributed by atoms with Crippen LogP contribution in [0.3, 0.4) is 0 Å². The summed E-state index contributed by atoms with van der Waals surface area (Å²) >= 11 is 0. The highest BCUT2D eigenvalue weighted by atomic mass is 16.2. The van der Waals surface area contributed by atoms with Crippen LogP contribution in [0, 0.1) is 0 Å². The zero-order chi connectivity index (χ0) is 17.8. The molecule has 0 unspecified atom stereocenters. The molecule has 0 bridgehead atoms. The van der Waals surface area contributed by atoms with Crippen molar-refractivity contribution in [2.24, 2.45) is 0 Å². The minimum Gasteiger partial charge on any atom is -0.346 e. The maximum absolute atomic E-state index is 12.0. The fourth-order valence-electron chi connectivity index (χ4n) is 2.52. The fourth-order valence-corrected chi connectivity index (χ4v) is 2.52. The van der Waals surface area contributed by atoms with Gasteiger partial charge in [0.2, 0.25) is 0 Å². The van der Waals surface area contributed by atoms with Gasteiger partial charge >= 0.3 is 11.8 Å². The van der Waals surface area contributed by atoms with Gasteiger partial charge in [0, 0.05) is 31.0 Å². The summed E-state index contributed by atoms with van der Waals surface area (Å²) in [6, 6.07) is 4.39. The van der Waals surface area contributed by atoms with Crippen LogP contribution in [0.25, 0.3) is 5.69 Å². The number of likely N-dealkylation sites (N-methyl/N-ethyl adjacent to an activating group) is 1. The highest BCUT2D eigenvalue weighted by Crippen LogP contribution is 2.26. The summed E-state index contributed by atoms with van der Waals surface area (Å²) in [6.07, 6.45) is 8.86. The third-order valence-corrected chi connectivity index (χ3v) is 4.35. The van der Waals surface area contributed by atoms with Gasteiger partial charge in [-0.15, -0.1) is 0 Å². The Morgan fingerprint density at radius 1 is 1.32 bits per heavy atom. The van der Waals surface area contributed by atoms with Crippen LogP contribution in [-0.2, 0) is 9.59 Å².